The highest BCUT2D eigenvalue weighted by Gasteiger charge is 2.21. The molecule has 0 spiro atoms. The van der Waals surface area contributed by atoms with Crippen LogP contribution in [0.3, 0.4) is 0 Å². The van der Waals surface area contributed by atoms with Crippen LogP contribution in [0.5, 0.6) is 0 Å². The molecule has 0 radical (unpaired) electrons. The van der Waals surface area contributed by atoms with Gasteiger partial charge >= 0.3 is 0 Å². The number of halogens is 1. The van der Waals surface area contributed by atoms with Gasteiger partial charge in [0.2, 0.25) is 0 Å². The number of aryl methyl sites for hydroxylation is 2. The minimum Gasteiger partial charge on any atom is -0.395 e. The van der Waals surface area contributed by atoms with Gasteiger partial charge < -0.3 is 10.0 Å². The highest BCUT2D eigenvalue weighted by Crippen LogP contribution is 2.31. The molecule has 0 unspecified atom stereocenters. The minimum absolute atomic E-state index is 0. The number of β-amino-alcohol motifs (C(OH)–C–C–N with tert-alkyl or cyclic N) is 1. The van der Waals surface area contributed by atoms with Crippen LogP contribution >= 0.6 is 23.7 Å². The first kappa shape index (κ1) is 17.4. The number of aliphatic hydroxyl groups is 1. The maximum atomic E-state index is 9.04. The Labute approximate surface area is 141 Å². The molecule has 1 fully saturated rings. The maximum absolute atomic E-state index is 9.04. The summed E-state index contributed by atoms with van der Waals surface area (Å²) in [7, 11) is 0. The largest absolute Gasteiger partial charge is 0.395 e. The lowest BCUT2D eigenvalue weighted by Crippen LogP contribution is -2.47. The molecule has 1 N–H and O–H groups in total. The molecule has 2 aromatic rings. The van der Waals surface area contributed by atoms with Crippen LogP contribution in [0.2, 0.25) is 0 Å². The van der Waals surface area contributed by atoms with E-state index >= 15 is 0 Å². The molecular formula is C15H23ClN4OS. The Hall–Kier alpha value is -0.950. The molecule has 122 valence electrons. The topological polar surface area (TPSA) is 52.5 Å². The van der Waals surface area contributed by atoms with Gasteiger partial charge in [-0.1, -0.05) is 6.92 Å². The molecule has 22 heavy (non-hydrogen) atoms. The zero-order chi connectivity index (χ0) is 14.8. The summed E-state index contributed by atoms with van der Waals surface area (Å²) < 4.78 is 0. The predicted octanol–water partition coefficient (Wildman–Crippen LogP) is 2.10. The van der Waals surface area contributed by atoms with E-state index < -0.39 is 0 Å². The summed E-state index contributed by atoms with van der Waals surface area (Å²) in [4.78, 5) is 16.5. The molecule has 7 heteroatoms. The lowest BCUT2D eigenvalue weighted by Gasteiger charge is -2.35. The van der Waals surface area contributed by atoms with E-state index in [4.69, 9.17) is 10.1 Å². The number of nitrogens with zero attached hydrogens (tertiary/aromatic N) is 4. The number of aliphatic hydroxyl groups excluding tert-OH is 1. The normalized spacial score (nSPS) is 16.0. The lowest BCUT2D eigenvalue weighted by atomic mass is 10.2. The first-order valence-electron chi connectivity index (χ1n) is 7.56. The Morgan fingerprint density at radius 3 is 2.59 bits per heavy atom. The summed E-state index contributed by atoms with van der Waals surface area (Å²) in [6.07, 6.45) is 0.865. The van der Waals surface area contributed by atoms with Crippen LogP contribution in [-0.4, -0.2) is 59.3 Å². The Morgan fingerprint density at radius 2 is 1.95 bits per heavy atom. The van der Waals surface area contributed by atoms with Crippen LogP contribution in [0.1, 0.15) is 17.6 Å². The molecule has 0 bridgehead atoms. The highest BCUT2D eigenvalue weighted by molar-refractivity contribution is 7.18. The molecule has 1 aliphatic rings. The summed E-state index contributed by atoms with van der Waals surface area (Å²) >= 11 is 1.75. The molecule has 0 amide bonds. The fourth-order valence-electron chi connectivity index (χ4n) is 2.79. The molecule has 3 rings (SSSR count). The van der Waals surface area contributed by atoms with Gasteiger partial charge in [0.25, 0.3) is 0 Å². The van der Waals surface area contributed by atoms with Gasteiger partial charge in [0, 0.05) is 44.0 Å². The summed E-state index contributed by atoms with van der Waals surface area (Å²) in [5.74, 6) is 2.02. The zero-order valence-electron chi connectivity index (χ0n) is 13.1. The Morgan fingerprint density at radius 1 is 1.23 bits per heavy atom. The number of hydrogen-bond acceptors (Lipinski definition) is 6. The number of aromatic nitrogens is 2. The van der Waals surface area contributed by atoms with Gasteiger partial charge in [0.1, 0.15) is 16.5 Å². The summed E-state index contributed by atoms with van der Waals surface area (Å²) in [6.45, 7) is 9.12. The summed E-state index contributed by atoms with van der Waals surface area (Å²) in [6, 6.07) is 2.20. The van der Waals surface area contributed by atoms with Crippen molar-refractivity contribution in [3.63, 3.8) is 0 Å². The van der Waals surface area contributed by atoms with Crippen molar-refractivity contribution in [1.29, 1.82) is 0 Å². The van der Waals surface area contributed by atoms with E-state index in [1.165, 1.54) is 10.3 Å². The monoisotopic (exact) mass is 342 g/mol. The quantitative estimate of drug-likeness (QED) is 0.922. The van der Waals surface area contributed by atoms with Crippen LogP contribution < -0.4 is 4.90 Å². The average molecular weight is 343 g/mol. The van der Waals surface area contributed by atoms with E-state index in [9.17, 15) is 0 Å². The summed E-state index contributed by atoms with van der Waals surface area (Å²) in [5.41, 5.74) is 0. The van der Waals surface area contributed by atoms with Crippen molar-refractivity contribution in [2.24, 2.45) is 0 Å². The van der Waals surface area contributed by atoms with Crippen LogP contribution in [0.4, 0.5) is 5.82 Å². The van der Waals surface area contributed by atoms with Crippen LogP contribution in [-0.2, 0) is 6.42 Å². The highest BCUT2D eigenvalue weighted by atomic mass is 35.5. The Kier molecular flexibility index (Phi) is 5.97. The SMILES string of the molecule is CCc1nc(N2CCN(CCO)CC2)c2cc(C)sc2n1.Cl. The summed E-state index contributed by atoms with van der Waals surface area (Å²) in [5, 5.41) is 10.2. The van der Waals surface area contributed by atoms with E-state index in [-0.39, 0.29) is 19.0 Å². The van der Waals surface area contributed by atoms with Crippen molar-refractivity contribution in [1.82, 2.24) is 14.9 Å². The second-order valence-electron chi connectivity index (χ2n) is 5.45. The predicted molar refractivity (Wildman–Crippen MR) is 94.5 cm³/mol. The van der Waals surface area contributed by atoms with E-state index in [1.54, 1.807) is 11.3 Å². The maximum Gasteiger partial charge on any atom is 0.141 e. The van der Waals surface area contributed by atoms with Gasteiger partial charge in [0.05, 0.1) is 12.0 Å². The van der Waals surface area contributed by atoms with E-state index in [1.807, 2.05) is 0 Å². The number of rotatable bonds is 4. The average Bonchev–Trinajstić information content (AvgIpc) is 2.87. The molecule has 0 saturated carbocycles. The standard InChI is InChI=1S/C15H22N4OS.ClH/c1-3-13-16-14(12-10-11(2)21-15(12)17-13)19-6-4-18(5-7-19)8-9-20;/h10,20H,3-9H2,1-2H3;1H. The molecule has 5 nitrogen and oxygen atoms in total. The number of piperazine rings is 1. The van der Waals surface area contributed by atoms with Crippen molar-refractivity contribution in [2.45, 2.75) is 20.3 Å². The molecular weight excluding hydrogens is 320 g/mol. The van der Waals surface area contributed by atoms with E-state index in [0.29, 0.717) is 0 Å². The number of hydrogen-bond donors (Lipinski definition) is 1. The molecule has 0 aliphatic carbocycles. The minimum atomic E-state index is 0. The third-order valence-corrected chi connectivity index (χ3v) is 4.89. The van der Waals surface area contributed by atoms with Crippen LogP contribution in [0.25, 0.3) is 10.2 Å². The number of anilines is 1. The smallest absolute Gasteiger partial charge is 0.141 e. The fourth-order valence-corrected chi connectivity index (χ4v) is 3.69. The van der Waals surface area contributed by atoms with Gasteiger partial charge in [-0.2, -0.15) is 0 Å². The van der Waals surface area contributed by atoms with Crippen molar-refractivity contribution in [2.75, 3.05) is 44.2 Å². The Balaban J connectivity index is 0.00000176. The second-order valence-corrected chi connectivity index (χ2v) is 6.68. The molecule has 3 heterocycles. The van der Waals surface area contributed by atoms with Crippen molar-refractivity contribution in [3.8, 4) is 0 Å². The first-order valence-corrected chi connectivity index (χ1v) is 8.38. The van der Waals surface area contributed by atoms with Gasteiger partial charge in [0.15, 0.2) is 0 Å². The van der Waals surface area contributed by atoms with Gasteiger partial charge in [-0.15, -0.1) is 23.7 Å². The van der Waals surface area contributed by atoms with Crippen LogP contribution in [0, 0.1) is 6.92 Å². The van der Waals surface area contributed by atoms with Gasteiger partial charge in [-0.25, -0.2) is 9.97 Å². The van der Waals surface area contributed by atoms with E-state index in [0.717, 1.165) is 55.6 Å². The fraction of sp³-hybridized carbons (Fsp3) is 0.600. The van der Waals surface area contributed by atoms with Crippen LogP contribution in [0.15, 0.2) is 6.07 Å². The lowest BCUT2D eigenvalue weighted by molar-refractivity contribution is 0.188. The number of fused-ring (bicyclic) bond motifs is 1. The first-order chi connectivity index (χ1) is 10.2. The Bertz CT molecular complexity index is 625. The number of thiophene rings is 1. The third-order valence-electron chi connectivity index (χ3n) is 3.95. The van der Waals surface area contributed by atoms with Gasteiger partial charge in [-0.3, -0.25) is 4.90 Å². The zero-order valence-corrected chi connectivity index (χ0v) is 14.7. The molecule has 1 saturated heterocycles. The molecule has 2 aromatic heterocycles. The molecule has 0 atom stereocenters. The van der Waals surface area contributed by atoms with Crippen molar-refractivity contribution in [3.05, 3.63) is 16.8 Å². The van der Waals surface area contributed by atoms with Crippen molar-refractivity contribution < 1.29 is 5.11 Å². The molecule has 1 aliphatic heterocycles. The second kappa shape index (κ2) is 7.55. The molecule has 0 aromatic carbocycles. The van der Waals surface area contributed by atoms with Gasteiger partial charge in [-0.05, 0) is 13.0 Å². The van der Waals surface area contributed by atoms with E-state index in [2.05, 4.69) is 34.7 Å². The third kappa shape index (κ3) is 3.51. The van der Waals surface area contributed by atoms with Crippen molar-refractivity contribution >= 4 is 39.8 Å².